The molecule has 3 aromatic rings. The monoisotopic (exact) mass is 464 g/mol. The number of ether oxygens (including phenoxy) is 3. The van der Waals surface area contributed by atoms with Gasteiger partial charge in [-0.15, -0.1) is 11.8 Å². The molecule has 0 saturated carbocycles. The topological polar surface area (TPSA) is 65.0 Å². The molecule has 1 heterocycles. The van der Waals surface area contributed by atoms with Gasteiger partial charge in [-0.3, -0.25) is 0 Å². The first-order valence-corrected chi connectivity index (χ1v) is 12.1. The number of aliphatic carboxylic acids is 1. The largest absolute Gasteiger partial charge is 0.494 e. The number of carbonyl (C=O) groups is 1. The van der Waals surface area contributed by atoms with E-state index in [1.54, 1.807) is 6.92 Å². The molecule has 0 spiro atoms. The Hall–Kier alpha value is -2.96. The van der Waals surface area contributed by atoms with Crippen molar-refractivity contribution in [3.8, 4) is 17.2 Å². The van der Waals surface area contributed by atoms with Crippen molar-refractivity contribution in [2.45, 2.75) is 42.4 Å². The van der Waals surface area contributed by atoms with E-state index in [9.17, 15) is 9.90 Å². The van der Waals surface area contributed by atoms with Crippen LogP contribution in [0, 0.1) is 0 Å². The van der Waals surface area contributed by atoms with E-state index in [0.717, 1.165) is 40.5 Å². The molecule has 0 radical (unpaired) electrons. The highest BCUT2D eigenvalue weighted by atomic mass is 32.2. The maximum Gasteiger partial charge on any atom is 0.333 e. The number of thioether (sulfide) groups is 1. The molecule has 2 unspecified atom stereocenters. The molecule has 6 heteroatoms. The van der Waals surface area contributed by atoms with Crippen molar-refractivity contribution in [2.24, 2.45) is 0 Å². The van der Waals surface area contributed by atoms with Gasteiger partial charge in [-0.2, -0.15) is 0 Å². The van der Waals surface area contributed by atoms with Gasteiger partial charge in [-0.1, -0.05) is 42.5 Å². The molecular formula is C27H28O5S. The standard InChI is InChI=1S/C27H28O5S/c1-2-30-24(27(28)29)18-19-13-15-20(16-14-19)31-17-7-12-25-21-8-3-4-9-22(21)32-23-10-5-6-11-26(23)33-25/h3-6,8-11,13-16,24-25H,2,7,12,17-18H2,1H3,(H,28,29). The van der Waals surface area contributed by atoms with Crippen molar-refractivity contribution < 1.29 is 24.1 Å². The first-order chi connectivity index (χ1) is 16.1. The van der Waals surface area contributed by atoms with Gasteiger partial charge in [0, 0.05) is 23.8 Å². The number of hydrogen-bond donors (Lipinski definition) is 1. The molecule has 2 atom stereocenters. The van der Waals surface area contributed by atoms with Crippen molar-refractivity contribution in [3.63, 3.8) is 0 Å². The SMILES string of the molecule is CCOC(Cc1ccc(OCCCC2Sc3ccccc3Oc3ccccc32)cc1)C(=O)O. The fourth-order valence-electron chi connectivity index (χ4n) is 3.83. The molecule has 0 aliphatic carbocycles. The third-order valence-electron chi connectivity index (χ3n) is 5.47. The van der Waals surface area contributed by atoms with Crippen LogP contribution in [0.2, 0.25) is 0 Å². The van der Waals surface area contributed by atoms with Crippen molar-refractivity contribution >= 4 is 17.7 Å². The average molecular weight is 465 g/mol. The van der Waals surface area contributed by atoms with Crippen LogP contribution < -0.4 is 9.47 Å². The van der Waals surface area contributed by atoms with Crippen LogP contribution in [0.1, 0.15) is 36.1 Å². The minimum absolute atomic E-state index is 0.294. The van der Waals surface area contributed by atoms with Crippen LogP contribution >= 0.6 is 11.8 Å². The summed E-state index contributed by atoms with van der Waals surface area (Å²) in [6.07, 6.45) is 1.38. The summed E-state index contributed by atoms with van der Waals surface area (Å²) in [7, 11) is 0. The Morgan fingerprint density at radius 3 is 2.52 bits per heavy atom. The van der Waals surface area contributed by atoms with Crippen LogP contribution in [0.15, 0.2) is 77.7 Å². The summed E-state index contributed by atoms with van der Waals surface area (Å²) in [5.41, 5.74) is 2.12. The van der Waals surface area contributed by atoms with Crippen LogP contribution in [0.4, 0.5) is 0 Å². The van der Waals surface area contributed by atoms with Gasteiger partial charge in [0.2, 0.25) is 0 Å². The zero-order chi connectivity index (χ0) is 23.0. The molecule has 33 heavy (non-hydrogen) atoms. The molecule has 0 bridgehead atoms. The van der Waals surface area contributed by atoms with Crippen LogP contribution in [-0.2, 0) is 16.0 Å². The Balaban J connectivity index is 1.32. The smallest absolute Gasteiger partial charge is 0.333 e. The number of fused-ring (bicyclic) bond motifs is 2. The Morgan fingerprint density at radius 1 is 1.03 bits per heavy atom. The Morgan fingerprint density at radius 2 is 1.76 bits per heavy atom. The van der Waals surface area contributed by atoms with Crippen LogP contribution in [0.5, 0.6) is 17.2 Å². The molecule has 1 N–H and O–H groups in total. The van der Waals surface area contributed by atoms with Crippen molar-refractivity contribution in [1.82, 2.24) is 0 Å². The maximum atomic E-state index is 11.3. The van der Waals surface area contributed by atoms with Gasteiger partial charge >= 0.3 is 5.97 Å². The summed E-state index contributed by atoms with van der Waals surface area (Å²) in [5.74, 6) is 1.67. The molecule has 172 valence electrons. The summed E-state index contributed by atoms with van der Waals surface area (Å²) >= 11 is 1.84. The van der Waals surface area contributed by atoms with E-state index in [0.29, 0.717) is 24.9 Å². The molecule has 0 fully saturated rings. The van der Waals surface area contributed by atoms with E-state index in [2.05, 4.69) is 18.2 Å². The lowest BCUT2D eigenvalue weighted by Crippen LogP contribution is -2.26. The van der Waals surface area contributed by atoms with E-state index >= 15 is 0 Å². The number of carboxylic acid groups (broad SMARTS) is 1. The molecule has 3 aromatic carbocycles. The zero-order valence-corrected chi connectivity index (χ0v) is 19.4. The number of carboxylic acids is 1. The fourth-order valence-corrected chi connectivity index (χ4v) is 5.13. The lowest BCUT2D eigenvalue weighted by molar-refractivity contribution is -0.149. The molecule has 0 aromatic heterocycles. The van der Waals surface area contributed by atoms with Gasteiger partial charge in [-0.05, 0) is 55.7 Å². The minimum atomic E-state index is -0.942. The van der Waals surface area contributed by atoms with E-state index < -0.39 is 12.1 Å². The van der Waals surface area contributed by atoms with Crippen LogP contribution in [0.25, 0.3) is 0 Å². The molecule has 1 aliphatic rings. The molecular weight excluding hydrogens is 436 g/mol. The molecule has 0 saturated heterocycles. The van der Waals surface area contributed by atoms with Gasteiger partial charge in [0.05, 0.1) is 11.5 Å². The fraction of sp³-hybridized carbons (Fsp3) is 0.296. The van der Waals surface area contributed by atoms with E-state index in [1.807, 2.05) is 66.4 Å². The minimum Gasteiger partial charge on any atom is -0.494 e. The third-order valence-corrected chi connectivity index (χ3v) is 6.84. The second-order valence-corrected chi connectivity index (χ2v) is 9.06. The third kappa shape index (κ3) is 6.09. The lowest BCUT2D eigenvalue weighted by atomic mass is 10.1. The summed E-state index contributed by atoms with van der Waals surface area (Å²) in [4.78, 5) is 12.4. The highest BCUT2D eigenvalue weighted by Gasteiger charge is 2.23. The number of hydrogen-bond acceptors (Lipinski definition) is 5. The summed E-state index contributed by atoms with van der Waals surface area (Å²) in [6.45, 7) is 2.78. The number of para-hydroxylation sites is 2. The molecule has 0 amide bonds. The summed E-state index contributed by atoms with van der Waals surface area (Å²) < 4.78 is 17.4. The van der Waals surface area contributed by atoms with E-state index in [-0.39, 0.29) is 0 Å². The summed E-state index contributed by atoms with van der Waals surface area (Å²) in [6, 6.07) is 24.0. The van der Waals surface area contributed by atoms with Crippen molar-refractivity contribution in [1.29, 1.82) is 0 Å². The quantitative estimate of drug-likeness (QED) is 0.345. The van der Waals surface area contributed by atoms with Crippen molar-refractivity contribution in [3.05, 3.63) is 83.9 Å². The normalized spacial score (nSPS) is 15.5. The summed E-state index contributed by atoms with van der Waals surface area (Å²) in [5, 5.41) is 9.54. The lowest BCUT2D eigenvalue weighted by Gasteiger charge is -2.16. The van der Waals surface area contributed by atoms with Crippen LogP contribution in [-0.4, -0.2) is 30.4 Å². The second kappa shape index (κ2) is 11.3. The highest BCUT2D eigenvalue weighted by Crippen LogP contribution is 2.49. The van der Waals surface area contributed by atoms with Crippen LogP contribution in [0.3, 0.4) is 0 Å². The number of benzene rings is 3. The van der Waals surface area contributed by atoms with E-state index in [1.165, 1.54) is 5.56 Å². The Kier molecular flexibility index (Phi) is 7.92. The molecule has 1 aliphatic heterocycles. The van der Waals surface area contributed by atoms with Gasteiger partial charge < -0.3 is 19.3 Å². The zero-order valence-electron chi connectivity index (χ0n) is 18.6. The van der Waals surface area contributed by atoms with Gasteiger partial charge in [0.15, 0.2) is 6.10 Å². The van der Waals surface area contributed by atoms with Gasteiger partial charge in [0.1, 0.15) is 17.2 Å². The molecule has 5 nitrogen and oxygen atoms in total. The number of rotatable bonds is 10. The average Bonchev–Trinajstić information content (AvgIpc) is 2.99. The first-order valence-electron chi connectivity index (χ1n) is 11.2. The first kappa shape index (κ1) is 23.2. The van der Waals surface area contributed by atoms with Crippen molar-refractivity contribution in [2.75, 3.05) is 13.2 Å². The maximum absolute atomic E-state index is 11.3. The van der Waals surface area contributed by atoms with Gasteiger partial charge in [0.25, 0.3) is 0 Å². The Bertz CT molecular complexity index is 1070. The highest BCUT2D eigenvalue weighted by molar-refractivity contribution is 7.99. The predicted octanol–water partition coefficient (Wildman–Crippen LogP) is 6.52. The Labute approximate surface area is 198 Å². The molecule has 4 rings (SSSR count). The van der Waals surface area contributed by atoms with E-state index in [4.69, 9.17) is 14.2 Å². The predicted molar refractivity (Wildman–Crippen MR) is 129 cm³/mol. The van der Waals surface area contributed by atoms with Gasteiger partial charge in [-0.25, -0.2) is 4.79 Å². The second-order valence-electron chi connectivity index (χ2n) is 7.81.